The average molecular weight is 159 g/mol. The van der Waals surface area contributed by atoms with Crippen molar-refractivity contribution in [3.05, 3.63) is 0 Å². The first-order chi connectivity index (χ1) is 5.04. The smallest absolute Gasteiger partial charge is 0.325 e. The third-order valence-electron chi connectivity index (χ3n) is 1.56. The normalized spacial score (nSPS) is 29.8. The van der Waals surface area contributed by atoms with Crippen molar-refractivity contribution in [1.29, 1.82) is 0 Å². The van der Waals surface area contributed by atoms with Crippen LogP contribution in [0.4, 0.5) is 0 Å². The second-order valence-electron chi connectivity index (χ2n) is 2.49. The van der Waals surface area contributed by atoms with E-state index in [9.17, 15) is 4.79 Å². The number of piperazine rings is 1. The number of carboxylic acids is 1. The molecular weight excluding hydrogens is 148 g/mol. The summed E-state index contributed by atoms with van der Waals surface area (Å²) < 4.78 is 0. The summed E-state index contributed by atoms with van der Waals surface area (Å²) >= 11 is 0. The first-order valence-electron chi connectivity index (χ1n) is 3.26. The molecule has 0 aromatic heterocycles. The minimum Gasteiger partial charge on any atom is -0.480 e. The van der Waals surface area contributed by atoms with Crippen LogP contribution in [0, 0.1) is 0 Å². The number of carbonyl (C=O) groups is 1. The van der Waals surface area contributed by atoms with Crippen LogP contribution in [-0.4, -0.2) is 36.0 Å². The number of hydrogen-bond donors (Lipinski definition) is 4. The number of hydrogen-bond acceptors (Lipinski definition) is 4. The third kappa shape index (κ3) is 1.66. The fourth-order valence-electron chi connectivity index (χ4n) is 0.998. The van der Waals surface area contributed by atoms with Crippen LogP contribution < -0.4 is 22.1 Å². The Morgan fingerprint density at radius 2 is 2.36 bits per heavy atom. The van der Waals surface area contributed by atoms with Gasteiger partial charge < -0.3 is 5.11 Å². The SMILES string of the molecule is NC1(N)[N]CCNC1C(=O)O. The Hall–Kier alpha value is -0.690. The van der Waals surface area contributed by atoms with E-state index in [1.165, 1.54) is 0 Å². The fraction of sp³-hybridized carbons (Fsp3) is 0.800. The van der Waals surface area contributed by atoms with Crippen molar-refractivity contribution < 1.29 is 9.90 Å². The largest absolute Gasteiger partial charge is 0.480 e. The molecule has 1 aliphatic rings. The van der Waals surface area contributed by atoms with Crippen LogP contribution >= 0.6 is 0 Å². The second-order valence-corrected chi connectivity index (χ2v) is 2.49. The Labute approximate surface area is 63.9 Å². The van der Waals surface area contributed by atoms with Gasteiger partial charge in [0.1, 0.15) is 0 Å². The molecule has 1 fully saturated rings. The van der Waals surface area contributed by atoms with Gasteiger partial charge in [0, 0.05) is 13.1 Å². The summed E-state index contributed by atoms with van der Waals surface area (Å²) in [5.41, 5.74) is 10.8. The molecule has 0 aromatic carbocycles. The molecular formula is C5H11N4O2. The molecule has 0 bridgehead atoms. The highest BCUT2D eigenvalue weighted by Crippen LogP contribution is 2.01. The van der Waals surface area contributed by atoms with E-state index in [1.54, 1.807) is 0 Å². The van der Waals surface area contributed by atoms with Crippen molar-refractivity contribution in [3.8, 4) is 0 Å². The lowest BCUT2D eigenvalue weighted by atomic mass is 10.1. The topological polar surface area (TPSA) is 115 Å². The minimum absolute atomic E-state index is 0.455. The number of aliphatic carboxylic acids is 1. The average Bonchev–Trinajstić information content (AvgIpc) is 1.85. The summed E-state index contributed by atoms with van der Waals surface area (Å²) in [5.74, 6) is -2.54. The maximum atomic E-state index is 10.5. The molecule has 6 heteroatoms. The maximum Gasteiger partial charge on any atom is 0.325 e. The Kier molecular flexibility index (Phi) is 2.10. The summed E-state index contributed by atoms with van der Waals surface area (Å²) in [6.45, 7) is 0.962. The fourth-order valence-corrected chi connectivity index (χ4v) is 0.998. The van der Waals surface area contributed by atoms with Crippen LogP contribution in [0.1, 0.15) is 0 Å². The van der Waals surface area contributed by atoms with Crippen molar-refractivity contribution in [3.63, 3.8) is 0 Å². The monoisotopic (exact) mass is 159 g/mol. The molecule has 0 saturated carbocycles. The number of nitrogens with one attached hydrogen (secondary N) is 1. The Bertz CT molecular complexity index is 170. The Morgan fingerprint density at radius 3 is 2.73 bits per heavy atom. The van der Waals surface area contributed by atoms with Crippen molar-refractivity contribution >= 4 is 5.97 Å². The molecule has 1 heterocycles. The van der Waals surface area contributed by atoms with Crippen molar-refractivity contribution in [2.24, 2.45) is 11.5 Å². The van der Waals surface area contributed by atoms with Crippen LogP contribution in [-0.2, 0) is 4.79 Å². The highest BCUT2D eigenvalue weighted by atomic mass is 16.4. The first-order valence-corrected chi connectivity index (χ1v) is 3.26. The molecule has 0 aromatic rings. The molecule has 1 saturated heterocycles. The highest BCUT2D eigenvalue weighted by molar-refractivity contribution is 5.75. The van der Waals surface area contributed by atoms with E-state index >= 15 is 0 Å². The number of carboxylic acid groups (broad SMARTS) is 1. The van der Waals surface area contributed by atoms with Gasteiger partial charge >= 0.3 is 5.97 Å². The molecule has 11 heavy (non-hydrogen) atoms. The molecule has 6 N–H and O–H groups in total. The maximum absolute atomic E-state index is 10.5. The molecule has 0 spiro atoms. The molecule has 1 aliphatic heterocycles. The zero-order valence-corrected chi connectivity index (χ0v) is 5.95. The summed E-state index contributed by atoms with van der Waals surface area (Å²) in [6.07, 6.45) is 0. The van der Waals surface area contributed by atoms with E-state index in [-0.39, 0.29) is 0 Å². The van der Waals surface area contributed by atoms with E-state index in [1.807, 2.05) is 0 Å². The molecule has 0 aliphatic carbocycles. The zero-order valence-electron chi connectivity index (χ0n) is 5.95. The predicted octanol–water partition coefficient (Wildman–Crippen LogP) is -2.78. The molecule has 1 atom stereocenters. The first kappa shape index (κ1) is 8.41. The van der Waals surface area contributed by atoms with Gasteiger partial charge in [-0.1, -0.05) is 0 Å². The van der Waals surface area contributed by atoms with Crippen molar-refractivity contribution in [2.75, 3.05) is 13.1 Å². The number of nitrogens with zero attached hydrogens (tertiary/aromatic N) is 1. The Balaban J connectivity index is 2.67. The van der Waals surface area contributed by atoms with Gasteiger partial charge in [-0.2, -0.15) is 0 Å². The van der Waals surface area contributed by atoms with E-state index in [4.69, 9.17) is 16.6 Å². The second kappa shape index (κ2) is 2.74. The lowest BCUT2D eigenvalue weighted by molar-refractivity contribution is -0.142. The lowest BCUT2D eigenvalue weighted by Gasteiger charge is -2.35. The molecule has 1 unspecified atom stereocenters. The molecule has 0 amide bonds. The van der Waals surface area contributed by atoms with Gasteiger partial charge in [0.05, 0.1) is 0 Å². The summed E-state index contributed by atoms with van der Waals surface area (Å²) in [5, 5.41) is 15.0. The molecule has 63 valence electrons. The van der Waals surface area contributed by atoms with Crippen LogP contribution in [0.25, 0.3) is 0 Å². The van der Waals surface area contributed by atoms with Crippen LogP contribution in [0.5, 0.6) is 0 Å². The summed E-state index contributed by atoms with van der Waals surface area (Å²) in [7, 11) is 0. The van der Waals surface area contributed by atoms with Gasteiger partial charge in [-0.25, -0.2) is 5.32 Å². The lowest BCUT2D eigenvalue weighted by Crippen LogP contribution is -2.75. The summed E-state index contributed by atoms with van der Waals surface area (Å²) in [4.78, 5) is 10.5. The van der Waals surface area contributed by atoms with Gasteiger partial charge in [0.25, 0.3) is 0 Å². The standard InChI is InChI=1S/C5H11N4O2/c6-5(7)3(4(10)11)8-1-2-9-5/h3,8H,1-2,6-7H2,(H,10,11). The molecule has 6 nitrogen and oxygen atoms in total. The molecule has 1 radical (unpaired) electrons. The number of rotatable bonds is 1. The van der Waals surface area contributed by atoms with Crippen molar-refractivity contribution in [1.82, 2.24) is 10.6 Å². The highest BCUT2D eigenvalue weighted by Gasteiger charge is 2.39. The van der Waals surface area contributed by atoms with Gasteiger partial charge in [0.15, 0.2) is 11.8 Å². The van der Waals surface area contributed by atoms with E-state index < -0.39 is 17.8 Å². The third-order valence-corrected chi connectivity index (χ3v) is 1.56. The van der Waals surface area contributed by atoms with Crippen LogP contribution in [0.15, 0.2) is 0 Å². The van der Waals surface area contributed by atoms with Gasteiger partial charge in [-0.05, 0) is 0 Å². The zero-order chi connectivity index (χ0) is 8.48. The van der Waals surface area contributed by atoms with Crippen LogP contribution in [0.3, 0.4) is 0 Å². The van der Waals surface area contributed by atoms with E-state index in [0.717, 1.165) is 0 Å². The Morgan fingerprint density at radius 1 is 1.73 bits per heavy atom. The molecule has 1 rings (SSSR count). The van der Waals surface area contributed by atoms with E-state index in [2.05, 4.69) is 10.6 Å². The number of nitrogens with two attached hydrogens (primary N) is 2. The van der Waals surface area contributed by atoms with Crippen LogP contribution in [0.2, 0.25) is 0 Å². The predicted molar refractivity (Wildman–Crippen MR) is 37.5 cm³/mol. The minimum atomic E-state index is -1.47. The van der Waals surface area contributed by atoms with Crippen molar-refractivity contribution in [2.45, 2.75) is 11.8 Å². The quantitative estimate of drug-likeness (QED) is 0.309. The van der Waals surface area contributed by atoms with Gasteiger partial charge in [0.2, 0.25) is 0 Å². The summed E-state index contributed by atoms with van der Waals surface area (Å²) in [6, 6.07) is -0.976. The van der Waals surface area contributed by atoms with Gasteiger partial charge in [-0.3, -0.25) is 21.6 Å². The van der Waals surface area contributed by atoms with E-state index in [0.29, 0.717) is 13.1 Å². The van der Waals surface area contributed by atoms with Gasteiger partial charge in [-0.15, -0.1) is 0 Å².